The van der Waals surface area contributed by atoms with E-state index in [4.69, 9.17) is 5.73 Å². The second-order valence-corrected chi connectivity index (χ2v) is 5.51. The average Bonchev–Trinajstić information content (AvgIpc) is 2.45. The second kappa shape index (κ2) is 7.01. The Balaban J connectivity index is 1.89. The van der Waals surface area contributed by atoms with Gasteiger partial charge in [-0.1, -0.05) is 25.1 Å². The van der Waals surface area contributed by atoms with Crippen LogP contribution in [-0.4, -0.2) is 11.7 Å². The molecule has 0 spiro atoms. The van der Waals surface area contributed by atoms with E-state index in [0.717, 1.165) is 17.0 Å². The van der Waals surface area contributed by atoms with E-state index in [1.54, 1.807) is 0 Å². The summed E-state index contributed by atoms with van der Waals surface area (Å²) in [5.41, 5.74) is 8.48. The highest BCUT2D eigenvalue weighted by molar-refractivity contribution is 8.00. The number of amides is 1. The maximum Gasteiger partial charge on any atom is 0.234 e. The summed E-state index contributed by atoms with van der Waals surface area (Å²) in [7, 11) is 0. The molecule has 0 aromatic heterocycles. The third-order valence-electron chi connectivity index (χ3n) is 2.85. The van der Waals surface area contributed by atoms with Crippen molar-refractivity contribution in [1.82, 2.24) is 0 Å². The molecular formula is C16H18N2OS. The molecule has 0 radical (unpaired) electrons. The van der Waals surface area contributed by atoms with Crippen LogP contribution >= 0.6 is 11.8 Å². The predicted octanol–water partition coefficient (Wildman–Crippen LogP) is 3.56. The minimum atomic E-state index is -0.00863. The molecule has 104 valence electrons. The Hall–Kier alpha value is -1.94. The van der Waals surface area contributed by atoms with Gasteiger partial charge in [0.25, 0.3) is 0 Å². The van der Waals surface area contributed by atoms with Crippen molar-refractivity contribution < 1.29 is 4.79 Å². The average molecular weight is 286 g/mol. The summed E-state index contributed by atoms with van der Waals surface area (Å²) >= 11 is 1.48. The summed E-state index contributed by atoms with van der Waals surface area (Å²) in [6.07, 6.45) is 0.960. The largest absolute Gasteiger partial charge is 0.399 e. The minimum Gasteiger partial charge on any atom is -0.399 e. The summed E-state index contributed by atoms with van der Waals surface area (Å²) < 4.78 is 0. The number of nitrogens with two attached hydrogens (primary N) is 1. The molecule has 4 heteroatoms. The zero-order valence-corrected chi connectivity index (χ0v) is 12.2. The first kappa shape index (κ1) is 14.5. The standard InChI is InChI=1S/C16H18N2OS/c1-2-12-5-3-7-14(9-12)18-16(19)11-20-15-8-4-6-13(17)10-15/h3-10H,2,11,17H2,1H3,(H,18,19). The SMILES string of the molecule is CCc1cccc(NC(=O)CSc2cccc(N)c2)c1. The van der Waals surface area contributed by atoms with Crippen molar-refractivity contribution in [3.63, 3.8) is 0 Å². The van der Waals surface area contributed by atoms with Gasteiger partial charge in [0.1, 0.15) is 0 Å². The molecule has 0 saturated heterocycles. The highest BCUT2D eigenvalue weighted by atomic mass is 32.2. The second-order valence-electron chi connectivity index (χ2n) is 4.46. The number of nitrogens with one attached hydrogen (secondary N) is 1. The van der Waals surface area contributed by atoms with Gasteiger partial charge in [0, 0.05) is 16.3 Å². The molecule has 3 nitrogen and oxygen atoms in total. The summed E-state index contributed by atoms with van der Waals surface area (Å²) in [6, 6.07) is 15.5. The lowest BCUT2D eigenvalue weighted by molar-refractivity contribution is -0.113. The first-order valence-electron chi connectivity index (χ1n) is 6.54. The zero-order chi connectivity index (χ0) is 14.4. The topological polar surface area (TPSA) is 55.1 Å². The first-order chi connectivity index (χ1) is 9.67. The molecule has 2 rings (SSSR count). The van der Waals surface area contributed by atoms with Crippen molar-refractivity contribution in [2.45, 2.75) is 18.2 Å². The Bertz CT molecular complexity index is 599. The van der Waals surface area contributed by atoms with Gasteiger partial charge in [-0.15, -0.1) is 11.8 Å². The van der Waals surface area contributed by atoms with E-state index in [1.165, 1.54) is 17.3 Å². The highest BCUT2D eigenvalue weighted by Crippen LogP contribution is 2.20. The van der Waals surface area contributed by atoms with E-state index in [1.807, 2.05) is 42.5 Å². The molecule has 0 aliphatic rings. The highest BCUT2D eigenvalue weighted by Gasteiger charge is 2.04. The quantitative estimate of drug-likeness (QED) is 0.652. The normalized spacial score (nSPS) is 10.2. The van der Waals surface area contributed by atoms with E-state index in [2.05, 4.69) is 18.3 Å². The van der Waals surface area contributed by atoms with Crippen LogP contribution in [0, 0.1) is 0 Å². The predicted molar refractivity (Wildman–Crippen MR) is 86.0 cm³/mol. The summed E-state index contributed by atoms with van der Waals surface area (Å²) in [5, 5.41) is 2.91. The Labute approximate surface area is 123 Å². The van der Waals surface area contributed by atoms with Crippen molar-refractivity contribution in [3.8, 4) is 0 Å². The van der Waals surface area contributed by atoms with Gasteiger partial charge in [0.2, 0.25) is 5.91 Å². The van der Waals surface area contributed by atoms with Crippen LogP contribution in [0.2, 0.25) is 0 Å². The van der Waals surface area contributed by atoms with Crippen molar-refractivity contribution in [2.75, 3.05) is 16.8 Å². The van der Waals surface area contributed by atoms with Crippen molar-refractivity contribution in [1.29, 1.82) is 0 Å². The van der Waals surface area contributed by atoms with Crippen molar-refractivity contribution in [2.24, 2.45) is 0 Å². The number of hydrogen-bond acceptors (Lipinski definition) is 3. The van der Waals surface area contributed by atoms with Crippen LogP contribution in [0.5, 0.6) is 0 Å². The number of carbonyl (C=O) groups excluding carboxylic acids is 1. The Morgan fingerprint density at radius 3 is 2.75 bits per heavy atom. The maximum absolute atomic E-state index is 11.9. The number of aryl methyl sites for hydroxylation is 1. The Morgan fingerprint density at radius 2 is 2.00 bits per heavy atom. The number of benzene rings is 2. The number of hydrogen-bond donors (Lipinski definition) is 2. The molecule has 0 bridgehead atoms. The number of carbonyl (C=O) groups is 1. The number of anilines is 2. The molecule has 0 heterocycles. The lowest BCUT2D eigenvalue weighted by Crippen LogP contribution is -2.14. The molecule has 0 unspecified atom stereocenters. The molecular weight excluding hydrogens is 268 g/mol. The fraction of sp³-hybridized carbons (Fsp3) is 0.188. The van der Waals surface area contributed by atoms with Gasteiger partial charge in [-0.05, 0) is 42.3 Å². The van der Waals surface area contributed by atoms with Crippen LogP contribution in [0.1, 0.15) is 12.5 Å². The van der Waals surface area contributed by atoms with Gasteiger partial charge in [-0.2, -0.15) is 0 Å². The van der Waals surface area contributed by atoms with Crippen LogP contribution in [0.25, 0.3) is 0 Å². The minimum absolute atomic E-state index is 0.00863. The summed E-state index contributed by atoms with van der Waals surface area (Å²) in [5.74, 6) is 0.366. The van der Waals surface area contributed by atoms with Crippen LogP contribution in [0.3, 0.4) is 0 Å². The molecule has 0 saturated carbocycles. The lowest BCUT2D eigenvalue weighted by atomic mass is 10.1. The van der Waals surface area contributed by atoms with Gasteiger partial charge in [0.05, 0.1) is 5.75 Å². The van der Waals surface area contributed by atoms with Crippen LogP contribution in [-0.2, 0) is 11.2 Å². The van der Waals surface area contributed by atoms with Gasteiger partial charge >= 0.3 is 0 Å². The molecule has 3 N–H and O–H groups in total. The van der Waals surface area contributed by atoms with Gasteiger partial charge in [-0.3, -0.25) is 4.79 Å². The van der Waals surface area contributed by atoms with E-state index in [0.29, 0.717) is 11.4 Å². The zero-order valence-electron chi connectivity index (χ0n) is 11.4. The van der Waals surface area contributed by atoms with Crippen molar-refractivity contribution >= 4 is 29.0 Å². The molecule has 2 aromatic rings. The lowest BCUT2D eigenvalue weighted by Gasteiger charge is -2.07. The van der Waals surface area contributed by atoms with E-state index < -0.39 is 0 Å². The molecule has 0 atom stereocenters. The summed E-state index contributed by atoms with van der Waals surface area (Å²) in [4.78, 5) is 12.9. The number of rotatable bonds is 5. The Morgan fingerprint density at radius 1 is 1.20 bits per heavy atom. The summed E-state index contributed by atoms with van der Waals surface area (Å²) in [6.45, 7) is 2.09. The molecule has 20 heavy (non-hydrogen) atoms. The molecule has 0 fully saturated rings. The third kappa shape index (κ3) is 4.31. The number of nitrogen functional groups attached to an aromatic ring is 1. The molecule has 0 aliphatic heterocycles. The fourth-order valence-corrected chi connectivity index (χ4v) is 2.58. The monoisotopic (exact) mass is 286 g/mol. The van der Waals surface area contributed by atoms with Crippen molar-refractivity contribution in [3.05, 3.63) is 54.1 Å². The molecule has 2 aromatic carbocycles. The van der Waals surface area contributed by atoms with Gasteiger partial charge < -0.3 is 11.1 Å². The Kier molecular flexibility index (Phi) is 5.07. The van der Waals surface area contributed by atoms with Crippen LogP contribution < -0.4 is 11.1 Å². The maximum atomic E-state index is 11.9. The van der Waals surface area contributed by atoms with E-state index >= 15 is 0 Å². The van der Waals surface area contributed by atoms with E-state index in [-0.39, 0.29) is 5.91 Å². The first-order valence-corrected chi connectivity index (χ1v) is 7.53. The molecule has 0 aliphatic carbocycles. The fourth-order valence-electron chi connectivity index (χ4n) is 1.82. The van der Waals surface area contributed by atoms with Crippen LogP contribution in [0.15, 0.2) is 53.4 Å². The number of thioether (sulfide) groups is 1. The van der Waals surface area contributed by atoms with E-state index in [9.17, 15) is 4.79 Å². The van der Waals surface area contributed by atoms with Crippen LogP contribution in [0.4, 0.5) is 11.4 Å². The molecule has 1 amide bonds. The third-order valence-corrected chi connectivity index (χ3v) is 3.84. The smallest absolute Gasteiger partial charge is 0.234 e. The van der Waals surface area contributed by atoms with Gasteiger partial charge in [0.15, 0.2) is 0 Å². The van der Waals surface area contributed by atoms with Gasteiger partial charge in [-0.25, -0.2) is 0 Å².